The summed E-state index contributed by atoms with van der Waals surface area (Å²) in [5.41, 5.74) is 4.10. The highest BCUT2D eigenvalue weighted by Crippen LogP contribution is 2.14. The maximum absolute atomic E-state index is 3.49. The minimum absolute atomic E-state index is 0.607. The van der Waals surface area contributed by atoms with E-state index in [9.17, 15) is 0 Å². The van der Waals surface area contributed by atoms with Crippen molar-refractivity contribution in [2.75, 3.05) is 0 Å². The first-order chi connectivity index (χ1) is 9.19. The zero-order valence-corrected chi connectivity index (χ0v) is 12.2. The number of aromatic nitrogens is 1. The van der Waals surface area contributed by atoms with Crippen molar-refractivity contribution in [1.82, 2.24) is 9.88 Å². The van der Waals surface area contributed by atoms with Crippen LogP contribution in [0.15, 0.2) is 42.7 Å². The average molecular weight is 256 g/mol. The summed E-state index contributed by atoms with van der Waals surface area (Å²) in [6.07, 6.45) is 4.34. The first kappa shape index (κ1) is 13.9. The molecule has 2 heteroatoms. The Kier molecular flexibility index (Phi) is 4.80. The molecular weight excluding hydrogens is 232 g/mol. The smallest absolute Gasteiger partial charge is 0.0223 e. The van der Waals surface area contributed by atoms with Crippen molar-refractivity contribution in [3.05, 3.63) is 59.4 Å². The second kappa shape index (κ2) is 6.58. The van der Waals surface area contributed by atoms with E-state index in [1.807, 2.05) is 0 Å². The molecule has 1 heterocycles. The number of nitrogens with zero attached hydrogens (tertiary/aromatic N) is 1. The van der Waals surface area contributed by atoms with Gasteiger partial charge < -0.3 is 9.88 Å². The third-order valence-corrected chi connectivity index (χ3v) is 3.48. The van der Waals surface area contributed by atoms with Crippen LogP contribution < -0.4 is 5.32 Å². The lowest BCUT2D eigenvalue weighted by Gasteiger charge is -2.07. The quantitative estimate of drug-likeness (QED) is 0.829. The highest BCUT2D eigenvalue weighted by molar-refractivity contribution is 5.24. The zero-order valence-electron chi connectivity index (χ0n) is 12.2. The number of nitrogens with one attached hydrogen (secondary N) is 1. The lowest BCUT2D eigenvalue weighted by atomic mass is 10.0. The molecule has 0 aliphatic heterocycles. The Hall–Kier alpha value is -1.54. The molecule has 0 fully saturated rings. The van der Waals surface area contributed by atoms with Crippen molar-refractivity contribution >= 4 is 0 Å². The van der Waals surface area contributed by atoms with Crippen LogP contribution in [0.2, 0.25) is 0 Å². The molecule has 1 aromatic carbocycles. The van der Waals surface area contributed by atoms with E-state index in [2.05, 4.69) is 73.4 Å². The van der Waals surface area contributed by atoms with Crippen LogP contribution in [0, 0.1) is 0 Å². The summed E-state index contributed by atoms with van der Waals surface area (Å²) < 4.78 is 2.20. The first-order valence-electron chi connectivity index (χ1n) is 7.13. The Balaban J connectivity index is 1.82. The molecule has 0 saturated carbocycles. The Labute approximate surface area is 116 Å². The Morgan fingerprint density at radius 3 is 2.26 bits per heavy atom. The van der Waals surface area contributed by atoms with Crippen LogP contribution in [0.4, 0.5) is 0 Å². The minimum Gasteiger partial charge on any atom is -0.354 e. The fraction of sp³-hybridized carbons (Fsp3) is 0.412. The van der Waals surface area contributed by atoms with Crippen LogP contribution in [0.25, 0.3) is 0 Å². The van der Waals surface area contributed by atoms with E-state index in [1.165, 1.54) is 16.7 Å². The van der Waals surface area contributed by atoms with E-state index in [0.717, 1.165) is 19.6 Å². The molecule has 2 aromatic rings. The van der Waals surface area contributed by atoms with Gasteiger partial charge in [0.2, 0.25) is 0 Å². The average Bonchev–Trinajstić information content (AvgIpc) is 2.87. The second-order valence-corrected chi connectivity index (χ2v) is 5.35. The highest BCUT2D eigenvalue weighted by Gasteiger charge is 1.99. The highest BCUT2D eigenvalue weighted by atomic mass is 14.9. The van der Waals surface area contributed by atoms with Crippen LogP contribution in [-0.4, -0.2) is 4.57 Å². The van der Waals surface area contributed by atoms with Crippen LogP contribution >= 0.6 is 0 Å². The number of rotatable bonds is 6. The summed E-state index contributed by atoms with van der Waals surface area (Å²) in [5.74, 6) is 0.607. The van der Waals surface area contributed by atoms with Gasteiger partial charge in [-0.1, -0.05) is 38.1 Å². The van der Waals surface area contributed by atoms with E-state index in [4.69, 9.17) is 0 Å². The number of benzene rings is 1. The molecule has 0 radical (unpaired) electrons. The molecule has 2 rings (SSSR count). The molecule has 1 N–H and O–H groups in total. The van der Waals surface area contributed by atoms with Crippen molar-refractivity contribution in [2.45, 2.75) is 46.3 Å². The first-order valence-corrected chi connectivity index (χ1v) is 7.13. The Morgan fingerprint density at radius 2 is 1.68 bits per heavy atom. The van der Waals surface area contributed by atoms with E-state index in [1.54, 1.807) is 0 Å². The molecule has 0 saturated heterocycles. The lowest BCUT2D eigenvalue weighted by Crippen LogP contribution is -2.12. The van der Waals surface area contributed by atoms with Gasteiger partial charge in [-0.05, 0) is 35.6 Å². The normalized spacial score (nSPS) is 11.2. The third-order valence-electron chi connectivity index (χ3n) is 3.48. The van der Waals surface area contributed by atoms with Crippen molar-refractivity contribution in [1.29, 1.82) is 0 Å². The van der Waals surface area contributed by atoms with Gasteiger partial charge in [-0.3, -0.25) is 0 Å². The summed E-state index contributed by atoms with van der Waals surface area (Å²) in [5, 5.41) is 3.49. The third kappa shape index (κ3) is 3.97. The molecule has 0 amide bonds. The van der Waals surface area contributed by atoms with Crippen LogP contribution in [-0.2, 0) is 19.6 Å². The molecule has 0 atom stereocenters. The molecular formula is C17H24N2. The molecule has 0 aliphatic carbocycles. The van der Waals surface area contributed by atoms with E-state index < -0.39 is 0 Å². The van der Waals surface area contributed by atoms with Gasteiger partial charge in [0.05, 0.1) is 0 Å². The van der Waals surface area contributed by atoms with Gasteiger partial charge in [-0.2, -0.15) is 0 Å². The van der Waals surface area contributed by atoms with Gasteiger partial charge in [-0.25, -0.2) is 0 Å². The fourth-order valence-electron chi connectivity index (χ4n) is 2.16. The topological polar surface area (TPSA) is 17.0 Å². The maximum Gasteiger partial charge on any atom is 0.0223 e. The monoisotopic (exact) mass is 256 g/mol. The van der Waals surface area contributed by atoms with Crippen molar-refractivity contribution in [3.63, 3.8) is 0 Å². The lowest BCUT2D eigenvalue weighted by molar-refractivity contribution is 0.688. The summed E-state index contributed by atoms with van der Waals surface area (Å²) in [6.45, 7) is 9.51. The largest absolute Gasteiger partial charge is 0.354 e. The molecule has 0 aliphatic rings. The van der Waals surface area contributed by atoms with Gasteiger partial charge >= 0.3 is 0 Å². The predicted octanol–water partition coefficient (Wildman–Crippen LogP) is 3.92. The molecule has 1 aromatic heterocycles. The van der Waals surface area contributed by atoms with Crippen LogP contribution in [0.5, 0.6) is 0 Å². The van der Waals surface area contributed by atoms with E-state index in [-0.39, 0.29) is 0 Å². The summed E-state index contributed by atoms with van der Waals surface area (Å²) >= 11 is 0. The predicted molar refractivity (Wildman–Crippen MR) is 81.2 cm³/mol. The standard InChI is InChI=1S/C17H24N2/c1-4-19-10-9-16(13-19)12-18-11-15-5-7-17(8-6-15)14(2)3/h5-10,13-14,18H,4,11-12H2,1-3H3. The molecule has 0 spiro atoms. The van der Waals surface area contributed by atoms with E-state index >= 15 is 0 Å². The maximum atomic E-state index is 3.49. The fourth-order valence-corrected chi connectivity index (χ4v) is 2.16. The molecule has 2 nitrogen and oxygen atoms in total. The zero-order chi connectivity index (χ0) is 13.7. The van der Waals surface area contributed by atoms with Gasteiger partial charge in [0.1, 0.15) is 0 Å². The number of hydrogen-bond donors (Lipinski definition) is 1. The van der Waals surface area contributed by atoms with Gasteiger partial charge in [-0.15, -0.1) is 0 Å². The Bertz CT molecular complexity index is 494. The number of aryl methyl sites for hydroxylation is 1. The second-order valence-electron chi connectivity index (χ2n) is 5.35. The minimum atomic E-state index is 0.607. The molecule has 19 heavy (non-hydrogen) atoms. The molecule has 102 valence electrons. The molecule has 0 unspecified atom stereocenters. The van der Waals surface area contributed by atoms with Gasteiger partial charge in [0, 0.05) is 32.0 Å². The van der Waals surface area contributed by atoms with Crippen LogP contribution in [0.3, 0.4) is 0 Å². The van der Waals surface area contributed by atoms with Gasteiger partial charge in [0.25, 0.3) is 0 Å². The SMILES string of the molecule is CCn1ccc(CNCc2ccc(C(C)C)cc2)c1. The van der Waals surface area contributed by atoms with E-state index in [0.29, 0.717) is 5.92 Å². The summed E-state index contributed by atoms with van der Waals surface area (Å²) in [6, 6.07) is 11.1. The van der Waals surface area contributed by atoms with Crippen molar-refractivity contribution in [3.8, 4) is 0 Å². The summed E-state index contributed by atoms with van der Waals surface area (Å²) in [7, 11) is 0. The summed E-state index contributed by atoms with van der Waals surface area (Å²) in [4.78, 5) is 0. The van der Waals surface area contributed by atoms with Crippen molar-refractivity contribution < 1.29 is 0 Å². The Morgan fingerprint density at radius 1 is 1.00 bits per heavy atom. The van der Waals surface area contributed by atoms with Gasteiger partial charge in [0.15, 0.2) is 0 Å². The molecule has 0 bridgehead atoms. The van der Waals surface area contributed by atoms with Crippen molar-refractivity contribution in [2.24, 2.45) is 0 Å². The van der Waals surface area contributed by atoms with Crippen LogP contribution in [0.1, 0.15) is 43.4 Å². The number of hydrogen-bond acceptors (Lipinski definition) is 1.